The molecule has 0 atom stereocenters. The van der Waals surface area contributed by atoms with Crippen molar-refractivity contribution >= 4 is 17.1 Å². The van der Waals surface area contributed by atoms with E-state index < -0.39 is 0 Å². The Morgan fingerprint density at radius 3 is 0.750 bits per heavy atom. The molecule has 0 radical (unpaired) electrons. The number of nitrogens with one attached hydrogen (secondary N) is 3. The van der Waals surface area contributed by atoms with Gasteiger partial charge in [-0.25, -0.2) is 0 Å². The SMILES string of the molecule is c1ccc(CNc2ccc(-c3cc(-c4ccc(NCc5ccccc5)cc4)cc(-c4ccc(NCc5ccccc5)cc4)c3)cc2)cc1. The number of hydrogen-bond donors (Lipinski definition) is 3. The van der Waals surface area contributed by atoms with Gasteiger partial charge in [0.2, 0.25) is 0 Å². The zero-order chi connectivity index (χ0) is 32.4. The standard InChI is InChI=1S/C45H39N3/c1-4-10-34(11-5-1)31-46-43-22-16-37(17-23-43)40-28-41(38-18-24-44(25-19-38)47-32-35-12-6-2-7-13-35)30-42(29-40)39-20-26-45(27-21-39)48-33-36-14-8-3-9-15-36/h1-30,46-48H,31-33H2. The Kier molecular flexibility index (Phi) is 9.57. The van der Waals surface area contributed by atoms with Gasteiger partial charge >= 0.3 is 0 Å². The highest BCUT2D eigenvalue weighted by molar-refractivity contribution is 5.82. The molecule has 3 nitrogen and oxygen atoms in total. The van der Waals surface area contributed by atoms with Crippen LogP contribution in [0.1, 0.15) is 16.7 Å². The Morgan fingerprint density at radius 1 is 0.250 bits per heavy atom. The summed E-state index contributed by atoms with van der Waals surface area (Å²) in [6.07, 6.45) is 0. The Hall–Kier alpha value is -6.06. The van der Waals surface area contributed by atoms with Crippen LogP contribution in [0.15, 0.2) is 182 Å². The zero-order valence-corrected chi connectivity index (χ0v) is 26.9. The first kappa shape index (κ1) is 30.6. The van der Waals surface area contributed by atoms with Gasteiger partial charge < -0.3 is 16.0 Å². The number of hydrogen-bond acceptors (Lipinski definition) is 3. The van der Waals surface area contributed by atoms with E-state index in [-0.39, 0.29) is 0 Å². The minimum Gasteiger partial charge on any atom is -0.381 e. The average molecular weight is 622 g/mol. The summed E-state index contributed by atoms with van der Waals surface area (Å²) in [5.74, 6) is 0. The smallest absolute Gasteiger partial charge is 0.0400 e. The molecular weight excluding hydrogens is 583 g/mol. The fourth-order valence-electron chi connectivity index (χ4n) is 5.87. The van der Waals surface area contributed by atoms with Gasteiger partial charge in [0.1, 0.15) is 0 Å². The molecule has 7 rings (SSSR count). The van der Waals surface area contributed by atoms with Gasteiger partial charge in [-0.15, -0.1) is 0 Å². The van der Waals surface area contributed by atoms with Crippen LogP contribution in [0.4, 0.5) is 17.1 Å². The first-order chi connectivity index (χ1) is 23.7. The van der Waals surface area contributed by atoms with E-state index in [0.29, 0.717) is 0 Å². The highest BCUT2D eigenvalue weighted by Crippen LogP contribution is 2.34. The normalized spacial score (nSPS) is 10.8. The van der Waals surface area contributed by atoms with Gasteiger partial charge in [0.15, 0.2) is 0 Å². The maximum absolute atomic E-state index is 3.55. The molecule has 0 spiro atoms. The summed E-state index contributed by atoms with van der Waals surface area (Å²) in [5.41, 5.74) is 14.2. The zero-order valence-electron chi connectivity index (χ0n) is 26.9. The van der Waals surface area contributed by atoms with Gasteiger partial charge in [0.25, 0.3) is 0 Å². The summed E-state index contributed by atoms with van der Waals surface area (Å²) in [6, 6.07) is 64.7. The maximum Gasteiger partial charge on any atom is 0.0400 e. The van der Waals surface area contributed by atoms with Crippen LogP contribution in [0.2, 0.25) is 0 Å². The molecule has 0 aliphatic rings. The Balaban J connectivity index is 1.14. The quantitative estimate of drug-likeness (QED) is 0.127. The molecule has 0 saturated carbocycles. The van der Waals surface area contributed by atoms with E-state index in [4.69, 9.17) is 0 Å². The molecule has 0 saturated heterocycles. The Bertz CT molecular complexity index is 1770. The second kappa shape index (κ2) is 15.0. The summed E-state index contributed by atoms with van der Waals surface area (Å²) in [4.78, 5) is 0. The first-order valence-electron chi connectivity index (χ1n) is 16.5. The highest BCUT2D eigenvalue weighted by atomic mass is 14.9. The van der Waals surface area contributed by atoms with Crippen LogP contribution in [-0.4, -0.2) is 0 Å². The average Bonchev–Trinajstić information content (AvgIpc) is 3.17. The van der Waals surface area contributed by atoms with Gasteiger partial charge in [-0.05, 0) is 105 Å². The third-order valence-corrected chi connectivity index (χ3v) is 8.61. The minimum atomic E-state index is 0.798. The summed E-state index contributed by atoms with van der Waals surface area (Å²) in [5, 5.41) is 10.7. The van der Waals surface area contributed by atoms with Crippen LogP contribution >= 0.6 is 0 Å². The lowest BCUT2D eigenvalue weighted by Crippen LogP contribution is -1.99. The minimum absolute atomic E-state index is 0.798. The number of rotatable bonds is 12. The van der Waals surface area contributed by atoms with Gasteiger partial charge in [-0.2, -0.15) is 0 Å². The molecule has 0 aliphatic carbocycles. The summed E-state index contributed by atoms with van der Waals surface area (Å²) >= 11 is 0. The molecule has 0 aliphatic heterocycles. The molecule has 7 aromatic carbocycles. The molecule has 7 aromatic rings. The van der Waals surface area contributed by atoms with Crippen LogP contribution in [0.3, 0.4) is 0 Å². The first-order valence-corrected chi connectivity index (χ1v) is 16.5. The van der Waals surface area contributed by atoms with E-state index in [1.165, 1.54) is 50.1 Å². The Morgan fingerprint density at radius 2 is 0.500 bits per heavy atom. The third kappa shape index (κ3) is 8.01. The van der Waals surface area contributed by atoms with E-state index in [0.717, 1.165) is 36.7 Å². The molecule has 0 unspecified atom stereocenters. The van der Waals surface area contributed by atoms with Crippen molar-refractivity contribution in [3.63, 3.8) is 0 Å². The second-order valence-corrected chi connectivity index (χ2v) is 12.0. The monoisotopic (exact) mass is 621 g/mol. The molecular formula is C45H39N3. The lowest BCUT2D eigenvalue weighted by atomic mass is 9.93. The summed E-state index contributed by atoms with van der Waals surface area (Å²) < 4.78 is 0. The molecule has 234 valence electrons. The highest BCUT2D eigenvalue weighted by Gasteiger charge is 2.09. The van der Waals surface area contributed by atoms with E-state index in [1.807, 2.05) is 0 Å². The van der Waals surface area contributed by atoms with Crippen LogP contribution in [0.5, 0.6) is 0 Å². The van der Waals surface area contributed by atoms with Crippen LogP contribution in [0.25, 0.3) is 33.4 Å². The van der Waals surface area contributed by atoms with E-state index in [9.17, 15) is 0 Å². The van der Waals surface area contributed by atoms with Crippen molar-refractivity contribution < 1.29 is 0 Å². The third-order valence-electron chi connectivity index (χ3n) is 8.61. The summed E-state index contributed by atoms with van der Waals surface area (Å²) in [7, 11) is 0. The number of anilines is 3. The molecule has 3 N–H and O–H groups in total. The second-order valence-electron chi connectivity index (χ2n) is 12.0. The van der Waals surface area contributed by atoms with Crippen molar-refractivity contribution in [2.24, 2.45) is 0 Å². The predicted octanol–water partition coefficient (Wildman–Crippen LogP) is 11.5. The van der Waals surface area contributed by atoms with Crippen LogP contribution in [0, 0.1) is 0 Å². The summed E-state index contributed by atoms with van der Waals surface area (Å²) in [6.45, 7) is 2.39. The molecule has 0 amide bonds. The van der Waals surface area contributed by atoms with Gasteiger partial charge in [-0.1, -0.05) is 127 Å². The maximum atomic E-state index is 3.55. The molecule has 0 heterocycles. The molecule has 3 heteroatoms. The predicted molar refractivity (Wildman–Crippen MR) is 204 cm³/mol. The van der Waals surface area contributed by atoms with Crippen LogP contribution < -0.4 is 16.0 Å². The van der Waals surface area contributed by atoms with E-state index >= 15 is 0 Å². The van der Waals surface area contributed by atoms with Crippen molar-refractivity contribution in [1.82, 2.24) is 0 Å². The molecule has 0 fully saturated rings. The van der Waals surface area contributed by atoms with Gasteiger partial charge in [0.05, 0.1) is 0 Å². The van der Waals surface area contributed by atoms with Crippen molar-refractivity contribution in [3.8, 4) is 33.4 Å². The fraction of sp³-hybridized carbons (Fsp3) is 0.0667. The fourth-order valence-corrected chi connectivity index (χ4v) is 5.87. The van der Waals surface area contributed by atoms with Gasteiger partial charge in [-0.3, -0.25) is 0 Å². The van der Waals surface area contributed by atoms with Crippen LogP contribution in [-0.2, 0) is 19.6 Å². The largest absolute Gasteiger partial charge is 0.381 e. The molecule has 48 heavy (non-hydrogen) atoms. The number of benzene rings is 7. The lowest BCUT2D eigenvalue weighted by Gasteiger charge is -2.14. The van der Waals surface area contributed by atoms with E-state index in [2.05, 4.69) is 198 Å². The lowest BCUT2D eigenvalue weighted by molar-refractivity contribution is 1.15. The Labute approximate surface area is 284 Å². The van der Waals surface area contributed by atoms with Crippen molar-refractivity contribution in [2.75, 3.05) is 16.0 Å². The topological polar surface area (TPSA) is 36.1 Å². The molecule has 0 aromatic heterocycles. The van der Waals surface area contributed by atoms with Crippen molar-refractivity contribution in [3.05, 3.63) is 199 Å². The van der Waals surface area contributed by atoms with Crippen molar-refractivity contribution in [2.45, 2.75) is 19.6 Å². The van der Waals surface area contributed by atoms with Crippen molar-refractivity contribution in [1.29, 1.82) is 0 Å². The van der Waals surface area contributed by atoms with E-state index in [1.54, 1.807) is 0 Å². The molecule has 0 bridgehead atoms. The van der Waals surface area contributed by atoms with Gasteiger partial charge in [0, 0.05) is 36.7 Å².